The van der Waals surface area contributed by atoms with E-state index in [1.807, 2.05) is 6.07 Å². The van der Waals surface area contributed by atoms with Gasteiger partial charge in [-0.25, -0.2) is 4.79 Å². The van der Waals surface area contributed by atoms with Gasteiger partial charge in [0.1, 0.15) is 12.5 Å². The number of nitrogens with zero attached hydrogens (tertiary/aromatic N) is 1. The molecule has 2 aromatic rings. The maximum atomic E-state index is 11.8. The quantitative estimate of drug-likeness (QED) is 0.400. The number of hydrogen-bond acceptors (Lipinski definition) is 6. The first-order chi connectivity index (χ1) is 11.5. The van der Waals surface area contributed by atoms with Gasteiger partial charge in [0.2, 0.25) is 0 Å². The monoisotopic (exact) mass is 350 g/mol. The van der Waals surface area contributed by atoms with E-state index in [9.17, 15) is 13.2 Å². The third-order valence-corrected chi connectivity index (χ3v) is 4.28. The van der Waals surface area contributed by atoms with Crippen LogP contribution in [0.5, 0.6) is 0 Å². The van der Waals surface area contributed by atoms with Crippen molar-refractivity contribution in [2.75, 3.05) is 13.3 Å². The Morgan fingerprint density at radius 1 is 1.21 bits per heavy atom. The maximum Gasteiger partial charge on any atom is 0.335 e. The van der Waals surface area contributed by atoms with E-state index in [2.05, 4.69) is 10.3 Å². The van der Waals surface area contributed by atoms with E-state index < -0.39 is 16.1 Å². The largest absolute Gasteiger partial charge is 0.478 e. The van der Waals surface area contributed by atoms with E-state index in [1.165, 1.54) is 12.3 Å². The van der Waals surface area contributed by atoms with E-state index in [0.717, 1.165) is 5.56 Å². The Balaban J connectivity index is 1.73. The summed E-state index contributed by atoms with van der Waals surface area (Å²) in [6.45, 7) is 0.315. The van der Waals surface area contributed by atoms with Crippen LogP contribution in [0.4, 0.5) is 0 Å². The van der Waals surface area contributed by atoms with E-state index in [1.54, 1.807) is 30.3 Å². The van der Waals surface area contributed by atoms with Gasteiger partial charge in [-0.2, -0.15) is 8.42 Å². The molecule has 0 atom stereocenters. The van der Waals surface area contributed by atoms with Gasteiger partial charge in [0.25, 0.3) is 10.1 Å². The zero-order valence-electron chi connectivity index (χ0n) is 12.9. The third kappa shape index (κ3) is 6.07. The van der Waals surface area contributed by atoms with Crippen LogP contribution in [-0.2, 0) is 26.5 Å². The van der Waals surface area contributed by atoms with Gasteiger partial charge in [-0.1, -0.05) is 18.2 Å². The van der Waals surface area contributed by atoms with Gasteiger partial charge in [-0.05, 0) is 36.2 Å². The fraction of sp³-hybridized carbons (Fsp3) is 0.250. The Labute approximate surface area is 140 Å². The van der Waals surface area contributed by atoms with Gasteiger partial charge in [-0.3, -0.25) is 14.5 Å². The topological polar surface area (TPSA) is 106 Å². The number of carboxylic acids is 1. The van der Waals surface area contributed by atoms with Crippen LogP contribution >= 0.6 is 0 Å². The summed E-state index contributed by atoms with van der Waals surface area (Å²) in [5.41, 5.74) is 1.49. The molecule has 8 heteroatoms. The normalized spacial score (nSPS) is 11.3. The molecule has 0 bridgehead atoms. The second-order valence-electron chi connectivity index (χ2n) is 5.04. The number of aromatic carboxylic acids is 1. The minimum Gasteiger partial charge on any atom is -0.478 e. The molecule has 128 valence electrons. The molecule has 0 radical (unpaired) electrons. The van der Waals surface area contributed by atoms with E-state index in [4.69, 9.17) is 9.29 Å². The van der Waals surface area contributed by atoms with Gasteiger partial charge in [0, 0.05) is 12.7 Å². The maximum absolute atomic E-state index is 11.8. The lowest BCUT2D eigenvalue weighted by molar-refractivity contribution is 0.0696. The molecule has 24 heavy (non-hydrogen) atoms. The number of nitrogens with one attached hydrogen (secondary N) is 1. The zero-order chi connectivity index (χ0) is 17.4. The zero-order valence-corrected chi connectivity index (χ0v) is 13.7. The summed E-state index contributed by atoms with van der Waals surface area (Å²) in [7, 11) is -3.70. The van der Waals surface area contributed by atoms with Crippen LogP contribution in [0.1, 0.15) is 21.6 Å². The van der Waals surface area contributed by atoms with Crippen molar-refractivity contribution in [1.82, 2.24) is 10.3 Å². The van der Waals surface area contributed by atoms with E-state index in [0.29, 0.717) is 18.7 Å². The van der Waals surface area contributed by atoms with E-state index >= 15 is 0 Å². The highest BCUT2D eigenvalue weighted by molar-refractivity contribution is 7.85. The lowest BCUT2D eigenvalue weighted by Crippen LogP contribution is -2.24. The highest BCUT2D eigenvalue weighted by Gasteiger charge is 2.12. The summed E-state index contributed by atoms with van der Waals surface area (Å²) < 4.78 is 28.4. The average molecular weight is 350 g/mol. The predicted octanol–water partition coefficient (Wildman–Crippen LogP) is 1.42. The van der Waals surface area contributed by atoms with Gasteiger partial charge in [0.15, 0.2) is 0 Å². The Bertz CT molecular complexity index is 778. The smallest absolute Gasteiger partial charge is 0.335 e. The predicted molar refractivity (Wildman–Crippen MR) is 87.9 cm³/mol. The van der Waals surface area contributed by atoms with Crippen molar-refractivity contribution in [3.8, 4) is 0 Å². The Morgan fingerprint density at radius 2 is 2.04 bits per heavy atom. The summed E-state index contributed by atoms with van der Waals surface area (Å²) in [4.78, 5) is 14.8. The minimum absolute atomic E-state index is 0.145. The van der Waals surface area contributed by atoms with Crippen LogP contribution in [0, 0.1) is 0 Å². The molecule has 2 rings (SSSR count). The van der Waals surface area contributed by atoms with Crippen molar-refractivity contribution in [2.24, 2.45) is 0 Å². The summed E-state index contributed by atoms with van der Waals surface area (Å²) in [5.74, 6) is -1.26. The minimum atomic E-state index is -3.70. The number of aromatic nitrogens is 1. The SMILES string of the molecule is O=C(O)c1cccc(CCNCOS(=O)(=O)Cc2ccccn2)c1. The first kappa shape index (κ1) is 18.1. The molecule has 0 aliphatic heterocycles. The number of rotatable bonds is 9. The molecule has 0 aliphatic rings. The van der Waals surface area contributed by atoms with Crippen LogP contribution in [0.15, 0.2) is 48.7 Å². The highest BCUT2D eigenvalue weighted by atomic mass is 32.2. The molecule has 1 aromatic carbocycles. The Morgan fingerprint density at radius 3 is 2.75 bits per heavy atom. The summed E-state index contributed by atoms with van der Waals surface area (Å²) in [6, 6.07) is 11.6. The standard InChI is InChI=1S/C16H18N2O5S/c19-16(20)14-5-3-4-13(10-14)7-9-17-12-23-24(21,22)11-15-6-1-2-8-18-15/h1-6,8,10,17H,7,9,11-12H2,(H,19,20). The number of carboxylic acid groups (broad SMARTS) is 1. The molecule has 0 fully saturated rings. The molecule has 0 saturated carbocycles. The van der Waals surface area contributed by atoms with E-state index in [-0.39, 0.29) is 18.0 Å². The Kier molecular flexibility index (Phi) is 6.42. The van der Waals surface area contributed by atoms with Crippen LogP contribution < -0.4 is 5.32 Å². The molecule has 1 heterocycles. The van der Waals surface area contributed by atoms with Crippen LogP contribution in [-0.4, -0.2) is 37.8 Å². The lowest BCUT2D eigenvalue weighted by Gasteiger charge is -2.07. The molecule has 0 spiro atoms. The number of pyridine rings is 1. The molecular formula is C16H18N2O5S. The molecule has 0 aliphatic carbocycles. The molecule has 2 N–H and O–H groups in total. The van der Waals surface area contributed by atoms with Crippen molar-refractivity contribution >= 4 is 16.1 Å². The van der Waals surface area contributed by atoms with Gasteiger partial charge >= 0.3 is 5.97 Å². The van der Waals surface area contributed by atoms with Crippen molar-refractivity contribution in [3.05, 3.63) is 65.5 Å². The molecule has 7 nitrogen and oxygen atoms in total. The van der Waals surface area contributed by atoms with Gasteiger partial charge in [0.05, 0.1) is 11.3 Å². The summed E-state index contributed by atoms with van der Waals surface area (Å²) in [6.07, 6.45) is 2.08. The third-order valence-electron chi connectivity index (χ3n) is 3.16. The average Bonchev–Trinajstić information content (AvgIpc) is 2.55. The van der Waals surface area contributed by atoms with Crippen LogP contribution in [0.25, 0.3) is 0 Å². The van der Waals surface area contributed by atoms with Crippen LogP contribution in [0.3, 0.4) is 0 Å². The number of carbonyl (C=O) groups is 1. The molecule has 0 amide bonds. The number of benzene rings is 1. The summed E-state index contributed by atoms with van der Waals surface area (Å²) >= 11 is 0. The van der Waals surface area contributed by atoms with Crippen molar-refractivity contribution in [1.29, 1.82) is 0 Å². The van der Waals surface area contributed by atoms with Crippen molar-refractivity contribution in [2.45, 2.75) is 12.2 Å². The lowest BCUT2D eigenvalue weighted by atomic mass is 10.1. The highest BCUT2D eigenvalue weighted by Crippen LogP contribution is 2.06. The molecular weight excluding hydrogens is 332 g/mol. The fourth-order valence-electron chi connectivity index (χ4n) is 2.00. The Hall–Kier alpha value is -2.29. The molecule has 1 aromatic heterocycles. The number of hydrogen-bond donors (Lipinski definition) is 2. The first-order valence-corrected chi connectivity index (χ1v) is 8.84. The first-order valence-electron chi connectivity index (χ1n) is 7.26. The second-order valence-corrected chi connectivity index (χ2v) is 6.68. The van der Waals surface area contributed by atoms with Crippen molar-refractivity contribution < 1.29 is 22.5 Å². The van der Waals surface area contributed by atoms with Crippen LogP contribution in [0.2, 0.25) is 0 Å². The van der Waals surface area contributed by atoms with Crippen molar-refractivity contribution in [3.63, 3.8) is 0 Å². The summed E-state index contributed by atoms with van der Waals surface area (Å²) in [5, 5.41) is 11.8. The molecule has 0 saturated heterocycles. The molecule has 0 unspecified atom stereocenters. The van der Waals surface area contributed by atoms with Gasteiger partial charge in [-0.15, -0.1) is 0 Å². The second kappa shape index (κ2) is 8.53. The fourth-order valence-corrected chi connectivity index (χ4v) is 2.88. The van der Waals surface area contributed by atoms with Gasteiger partial charge < -0.3 is 5.11 Å².